The van der Waals surface area contributed by atoms with Gasteiger partial charge in [-0.2, -0.15) is 0 Å². The summed E-state index contributed by atoms with van der Waals surface area (Å²) in [5.74, 6) is 9.06. The first kappa shape index (κ1) is 22.9. The number of piperazine rings is 1. The lowest BCUT2D eigenvalue weighted by Crippen LogP contribution is -2.44. The molecular formula is C29H29N5O. The molecule has 0 saturated carbocycles. The van der Waals surface area contributed by atoms with Crippen molar-refractivity contribution in [1.29, 1.82) is 0 Å². The highest BCUT2D eigenvalue weighted by atomic mass is 16.5. The summed E-state index contributed by atoms with van der Waals surface area (Å²) in [7, 11) is 2.17. The van der Waals surface area contributed by atoms with Gasteiger partial charge in [-0.15, -0.1) is 0 Å². The first-order valence-corrected chi connectivity index (χ1v) is 11.9. The normalized spacial score (nSPS) is 14.3. The molecule has 2 heterocycles. The van der Waals surface area contributed by atoms with Gasteiger partial charge in [-0.25, -0.2) is 9.97 Å². The monoisotopic (exact) mass is 463 g/mol. The van der Waals surface area contributed by atoms with Gasteiger partial charge >= 0.3 is 0 Å². The van der Waals surface area contributed by atoms with Crippen molar-refractivity contribution >= 4 is 22.4 Å². The van der Waals surface area contributed by atoms with Crippen molar-refractivity contribution in [3.8, 4) is 23.3 Å². The third kappa shape index (κ3) is 5.78. The number of ether oxygens (including phenoxy) is 1. The highest BCUT2D eigenvalue weighted by Crippen LogP contribution is 2.29. The molecule has 0 spiro atoms. The molecule has 0 radical (unpaired) electrons. The molecule has 1 fully saturated rings. The molecule has 1 aromatic heterocycles. The van der Waals surface area contributed by atoms with Crippen LogP contribution in [0.5, 0.6) is 11.5 Å². The average molecular weight is 464 g/mol. The van der Waals surface area contributed by atoms with E-state index < -0.39 is 0 Å². The van der Waals surface area contributed by atoms with Crippen molar-refractivity contribution in [1.82, 2.24) is 19.8 Å². The molecule has 4 aromatic rings. The third-order valence-electron chi connectivity index (χ3n) is 6.18. The number of hydrogen-bond donors (Lipinski definition) is 1. The second kappa shape index (κ2) is 10.6. The quantitative estimate of drug-likeness (QED) is 0.417. The predicted molar refractivity (Wildman–Crippen MR) is 141 cm³/mol. The van der Waals surface area contributed by atoms with E-state index in [1.165, 1.54) is 0 Å². The summed E-state index contributed by atoms with van der Waals surface area (Å²) < 4.78 is 6.01. The zero-order valence-electron chi connectivity index (χ0n) is 20.2. The van der Waals surface area contributed by atoms with Crippen LogP contribution in [-0.4, -0.2) is 59.5 Å². The Morgan fingerprint density at radius 3 is 2.57 bits per heavy atom. The van der Waals surface area contributed by atoms with Crippen LogP contribution in [0.3, 0.4) is 0 Å². The maximum atomic E-state index is 6.01. The van der Waals surface area contributed by atoms with Gasteiger partial charge in [0.05, 0.1) is 12.1 Å². The van der Waals surface area contributed by atoms with Crippen LogP contribution < -0.4 is 10.1 Å². The van der Waals surface area contributed by atoms with E-state index in [2.05, 4.69) is 56.1 Å². The Kier molecular flexibility index (Phi) is 6.89. The Morgan fingerprint density at radius 1 is 0.943 bits per heavy atom. The first-order chi connectivity index (χ1) is 17.1. The number of likely N-dealkylation sites (N-methyl/N-ethyl adjacent to an activating group) is 1. The number of nitrogens with zero attached hydrogens (tertiary/aromatic N) is 4. The lowest BCUT2D eigenvalue weighted by molar-refractivity contribution is 0.168. The summed E-state index contributed by atoms with van der Waals surface area (Å²) in [6, 6.07) is 21.9. The second-order valence-electron chi connectivity index (χ2n) is 8.86. The molecule has 3 aromatic carbocycles. The van der Waals surface area contributed by atoms with Crippen LogP contribution in [0.2, 0.25) is 0 Å². The molecule has 5 rings (SSSR count). The van der Waals surface area contributed by atoms with Crippen LogP contribution in [0.4, 0.5) is 11.5 Å². The van der Waals surface area contributed by atoms with Crippen LogP contribution >= 0.6 is 0 Å². The molecule has 1 aliphatic heterocycles. The van der Waals surface area contributed by atoms with Crippen molar-refractivity contribution in [3.05, 3.63) is 84.2 Å². The third-order valence-corrected chi connectivity index (χ3v) is 6.18. The molecule has 35 heavy (non-hydrogen) atoms. The summed E-state index contributed by atoms with van der Waals surface area (Å²) in [4.78, 5) is 13.7. The standard InChI is InChI=1S/C29H29N5O/c1-22-19-24(11-13-28(22)35-25-8-4-3-5-9-25)32-29-26-20-23(10-12-27(26)30-21-31-29)7-6-14-34-17-15-33(2)16-18-34/h3-5,8-13,19-21H,14-18H2,1-2H3,(H,30,31,32). The molecular weight excluding hydrogens is 434 g/mol. The number of fused-ring (bicyclic) bond motifs is 1. The number of para-hydroxylation sites is 1. The molecule has 0 aliphatic carbocycles. The zero-order valence-corrected chi connectivity index (χ0v) is 20.2. The molecule has 1 N–H and O–H groups in total. The van der Waals surface area contributed by atoms with Crippen molar-refractivity contribution in [2.45, 2.75) is 6.92 Å². The lowest BCUT2D eigenvalue weighted by atomic mass is 10.1. The van der Waals surface area contributed by atoms with Gasteiger partial charge in [-0.3, -0.25) is 4.90 Å². The topological polar surface area (TPSA) is 53.5 Å². The van der Waals surface area contributed by atoms with E-state index in [1.807, 2.05) is 61.5 Å². The molecule has 0 unspecified atom stereocenters. The molecule has 6 heteroatoms. The zero-order chi connectivity index (χ0) is 24.0. The minimum Gasteiger partial charge on any atom is -0.457 e. The first-order valence-electron chi connectivity index (χ1n) is 11.9. The SMILES string of the molecule is Cc1cc(Nc2ncnc3ccc(C#CCN4CCN(C)CC4)cc23)ccc1Oc1ccccc1. The van der Waals surface area contributed by atoms with Gasteiger partial charge < -0.3 is 15.0 Å². The number of benzene rings is 3. The van der Waals surface area contributed by atoms with Gasteiger partial charge in [0.25, 0.3) is 0 Å². The highest BCUT2D eigenvalue weighted by molar-refractivity contribution is 5.91. The minimum absolute atomic E-state index is 0.758. The Balaban J connectivity index is 1.32. The van der Waals surface area contributed by atoms with E-state index in [9.17, 15) is 0 Å². The predicted octanol–water partition coefficient (Wildman–Crippen LogP) is 5.07. The molecule has 0 bridgehead atoms. The fraction of sp³-hybridized carbons (Fsp3) is 0.241. The maximum Gasteiger partial charge on any atom is 0.141 e. The van der Waals surface area contributed by atoms with Crippen LogP contribution in [0.25, 0.3) is 10.9 Å². The summed E-state index contributed by atoms with van der Waals surface area (Å²) in [6.45, 7) is 7.17. The van der Waals surface area contributed by atoms with Crippen LogP contribution in [-0.2, 0) is 0 Å². The maximum absolute atomic E-state index is 6.01. The minimum atomic E-state index is 0.758. The Morgan fingerprint density at radius 2 is 1.77 bits per heavy atom. The van der Waals surface area contributed by atoms with Crippen molar-refractivity contribution in [2.24, 2.45) is 0 Å². The lowest BCUT2D eigenvalue weighted by Gasteiger charge is -2.30. The fourth-order valence-corrected chi connectivity index (χ4v) is 4.09. The number of anilines is 2. The molecule has 6 nitrogen and oxygen atoms in total. The second-order valence-corrected chi connectivity index (χ2v) is 8.86. The number of hydrogen-bond acceptors (Lipinski definition) is 6. The summed E-state index contributed by atoms with van der Waals surface area (Å²) in [5, 5.41) is 4.40. The summed E-state index contributed by atoms with van der Waals surface area (Å²) in [5.41, 5.74) is 3.82. The summed E-state index contributed by atoms with van der Waals surface area (Å²) in [6.07, 6.45) is 1.59. The molecule has 0 amide bonds. The van der Waals surface area contributed by atoms with Crippen molar-refractivity contribution in [3.63, 3.8) is 0 Å². The van der Waals surface area contributed by atoms with E-state index in [1.54, 1.807) is 6.33 Å². The van der Waals surface area contributed by atoms with Crippen LogP contribution in [0.1, 0.15) is 11.1 Å². The molecule has 1 saturated heterocycles. The van der Waals surface area contributed by atoms with Gasteiger partial charge in [-0.05, 0) is 68.1 Å². The molecule has 1 aliphatic rings. The average Bonchev–Trinajstić information content (AvgIpc) is 2.88. The van der Waals surface area contributed by atoms with Gasteiger partial charge in [0.15, 0.2) is 0 Å². The smallest absolute Gasteiger partial charge is 0.141 e. The molecule has 176 valence electrons. The van der Waals surface area contributed by atoms with Gasteiger partial charge in [0.2, 0.25) is 0 Å². The largest absolute Gasteiger partial charge is 0.457 e. The van der Waals surface area contributed by atoms with E-state index in [4.69, 9.17) is 4.74 Å². The Labute approximate surface area is 206 Å². The van der Waals surface area contributed by atoms with Crippen molar-refractivity contribution < 1.29 is 4.74 Å². The Hall–Kier alpha value is -3.92. The van der Waals surface area contributed by atoms with Gasteiger partial charge in [0.1, 0.15) is 23.6 Å². The number of rotatable bonds is 5. The molecule has 0 atom stereocenters. The van der Waals surface area contributed by atoms with Gasteiger partial charge in [-0.1, -0.05) is 30.0 Å². The van der Waals surface area contributed by atoms with Gasteiger partial charge in [0, 0.05) is 42.8 Å². The number of aryl methyl sites for hydroxylation is 1. The van der Waals surface area contributed by atoms with Crippen LogP contribution in [0.15, 0.2) is 73.1 Å². The summed E-state index contributed by atoms with van der Waals surface area (Å²) >= 11 is 0. The van der Waals surface area contributed by atoms with E-state index >= 15 is 0 Å². The van der Waals surface area contributed by atoms with Crippen LogP contribution in [0, 0.1) is 18.8 Å². The van der Waals surface area contributed by atoms with E-state index in [0.717, 1.165) is 77.8 Å². The Bertz CT molecular complexity index is 1370. The number of aromatic nitrogens is 2. The van der Waals surface area contributed by atoms with E-state index in [0.29, 0.717) is 0 Å². The fourth-order valence-electron chi connectivity index (χ4n) is 4.09. The van der Waals surface area contributed by atoms with Crippen molar-refractivity contribution in [2.75, 3.05) is 45.1 Å². The van der Waals surface area contributed by atoms with E-state index in [-0.39, 0.29) is 0 Å². The highest BCUT2D eigenvalue weighted by Gasteiger charge is 2.12. The number of nitrogens with one attached hydrogen (secondary N) is 1.